The van der Waals surface area contributed by atoms with E-state index in [2.05, 4.69) is 32.6 Å². The van der Waals surface area contributed by atoms with Crippen LogP contribution < -0.4 is 0 Å². The van der Waals surface area contributed by atoms with E-state index in [0.29, 0.717) is 10.9 Å². The normalized spacial score (nSPS) is 11.4. The summed E-state index contributed by atoms with van der Waals surface area (Å²) in [5.74, 6) is 0.616. The van der Waals surface area contributed by atoms with Gasteiger partial charge in [-0.05, 0) is 82.8 Å². The van der Waals surface area contributed by atoms with E-state index in [0.717, 1.165) is 27.9 Å². The molecule has 1 heterocycles. The summed E-state index contributed by atoms with van der Waals surface area (Å²) in [5, 5.41) is 0.712. The van der Waals surface area contributed by atoms with Gasteiger partial charge in [0.05, 0.1) is 5.69 Å². The van der Waals surface area contributed by atoms with Crippen molar-refractivity contribution in [2.75, 3.05) is 0 Å². The van der Waals surface area contributed by atoms with Crippen LogP contribution in [0.25, 0.3) is 22.6 Å². The lowest BCUT2D eigenvalue weighted by Crippen LogP contribution is -1.79. The predicted octanol–water partition coefficient (Wildman–Crippen LogP) is 6.50. The van der Waals surface area contributed by atoms with Crippen molar-refractivity contribution in [1.82, 2.24) is 4.98 Å². The summed E-state index contributed by atoms with van der Waals surface area (Å²) >= 11 is 8.17. The molecule has 0 N–H and O–H groups in total. The molecule has 0 radical (unpaired) electrons. The molecular formula is C20H12ClIN2O. The average molecular weight is 459 g/mol. The van der Waals surface area contributed by atoms with E-state index >= 15 is 0 Å². The average Bonchev–Trinajstić information content (AvgIpc) is 3.05. The zero-order chi connectivity index (χ0) is 17.2. The molecule has 4 aromatic rings. The smallest absolute Gasteiger partial charge is 0.227 e. The number of hydrogen-bond donors (Lipinski definition) is 0. The molecule has 4 rings (SSSR count). The molecule has 0 aliphatic rings. The number of benzene rings is 3. The van der Waals surface area contributed by atoms with E-state index in [1.807, 2.05) is 66.7 Å². The summed E-state index contributed by atoms with van der Waals surface area (Å²) in [4.78, 5) is 9.08. The third-order valence-corrected chi connectivity index (χ3v) is 4.67. The molecule has 0 bridgehead atoms. The Kier molecular flexibility index (Phi) is 4.55. The maximum atomic E-state index is 5.89. The van der Waals surface area contributed by atoms with Gasteiger partial charge in [0.25, 0.3) is 0 Å². The van der Waals surface area contributed by atoms with Gasteiger partial charge in [-0.1, -0.05) is 23.7 Å². The zero-order valence-corrected chi connectivity index (χ0v) is 15.9. The van der Waals surface area contributed by atoms with Crippen LogP contribution in [0.2, 0.25) is 5.02 Å². The van der Waals surface area contributed by atoms with Crippen molar-refractivity contribution < 1.29 is 4.42 Å². The van der Waals surface area contributed by atoms with E-state index in [1.54, 1.807) is 6.21 Å². The first-order chi connectivity index (χ1) is 12.2. The number of aromatic nitrogens is 1. The van der Waals surface area contributed by atoms with Crippen molar-refractivity contribution in [2.45, 2.75) is 0 Å². The van der Waals surface area contributed by atoms with Crippen LogP contribution in [0.1, 0.15) is 5.56 Å². The molecule has 0 amide bonds. The maximum absolute atomic E-state index is 5.89. The molecule has 3 nitrogen and oxygen atoms in total. The lowest BCUT2D eigenvalue weighted by molar-refractivity contribution is 0.620. The highest BCUT2D eigenvalue weighted by Crippen LogP contribution is 2.27. The van der Waals surface area contributed by atoms with Gasteiger partial charge in [0.2, 0.25) is 5.89 Å². The van der Waals surface area contributed by atoms with E-state index in [9.17, 15) is 0 Å². The number of hydrogen-bond acceptors (Lipinski definition) is 3. The van der Waals surface area contributed by atoms with Crippen molar-refractivity contribution in [3.8, 4) is 11.5 Å². The first kappa shape index (κ1) is 16.3. The Hall–Kier alpha value is -2.18. The second-order valence-corrected chi connectivity index (χ2v) is 7.17. The molecule has 122 valence electrons. The first-order valence-electron chi connectivity index (χ1n) is 7.63. The quantitative estimate of drug-likeness (QED) is 0.259. The fourth-order valence-corrected chi connectivity index (χ4v) is 2.90. The third-order valence-electron chi connectivity index (χ3n) is 3.70. The Morgan fingerprint density at radius 1 is 0.960 bits per heavy atom. The summed E-state index contributed by atoms with van der Waals surface area (Å²) in [5.41, 5.74) is 4.32. The molecule has 0 saturated carbocycles. The van der Waals surface area contributed by atoms with Gasteiger partial charge >= 0.3 is 0 Å². The number of aliphatic imine (C=N–C) groups is 1. The Bertz CT molecular complexity index is 1050. The van der Waals surface area contributed by atoms with Gasteiger partial charge in [-0.15, -0.1) is 0 Å². The minimum absolute atomic E-state index is 0.616. The number of oxazole rings is 1. The molecule has 25 heavy (non-hydrogen) atoms. The van der Waals surface area contributed by atoms with Crippen LogP contribution in [0.15, 0.2) is 76.1 Å². The van der Waals surface area contributed by atoms with Crippen LogP contribution >= 0.6 is 34.2 Å². The number of rotatable bonds is 3. The molecule has 0 spiro atoms. The molecule has 0 atom stereocenters. The Morgan fingerprint density at radius 3 is 2.48 bits per heavy atom. The molecule has 0 unspecified atom stereocenters. The highest BCUT2D eigenvalue weighted by Gasteiger charge is 2.08. The fourth-order valence-electron chi connectivity index (χ4n) is 2.41. The summed E-state index contributed by atoms with van der Waals surface area (Å²) in [6, 6.07) is 21.3. The van der Waals surface area contributed by atoms with Crippen molar-refractivity contribution in [2.24, 2.45) is 4.99 Å². The Labute approximate surface area is 163 Å². The summed E-state index contributed by atoms with van der Waals surface area (Å²) in [7, 11) is 0. The van der Waals surface area contributed by atoms with Gasteiger partial charge in [-0.2, -0.15) is 0 Å². The number of fused-ring (bicyclic) bond motifs is 1. The van der Waals surface area contributed by atoms with E-state index < -0.39 is 0 Å². The van der Waals surface area contributed by atoms with Crippen molar-refractivity contribution in [3.05, 3.63) is 80.9 Å². The van der Waals surface area contributed by atoms with Crippen LogP contribution in [0.4, 0.5) is 5.69 Å². The van der Waals surface area contributed by atoms with Gasteiger partial charge in [-0.3, -0.25) is 4.99 Å². The van der Waals surface area contributed by atoms with Crippen LogP contribution in [0, 0.1) is 3.57 Å². The van der Waals surface area contributed by atoms with Gasteiger partial charge < -0.3 is 4.42 Å². The highest BCUT2D eigenvalue weighted by atomic mass is 127. The minimum atomic E-state index is 0.616. The lowest BCUT2D eigenvalue weighted by Gasteiger charge is -1.94. The fraction of sp³-hybridized carbons (Fsp3) is 0. The molecule has 5 heteroatoms. The topological polar surface area (TPSA) is 38.4 Å². The van der Waals surface area contributed by atoms with Gasteiger partial charge in [0.1, 0.15) is 5.52 Å². The second-order valence-electron chi connectivity index (χ2n) is 5.49. The lowest BCUT2D eigenvalue weighted by atomic mass is 10.2. The molecule has 0 aliphatic carbocycles. The molecule has 3 aromatic carbocycles. The van der Waals surface area contributed by atoms with Crippen LogP contribution in [-0.2, 0) is 0 Å². The monoisotopic (exact) mass is 458 g/mol. The maximum Gasteiger partial charge on any atom is 0.227 e. The standard InChI is InChI=1S/C20H12ClIN2O/c21-15-5-1-13(2-6-15)12-23-17-9-10-19-18(11-17)24-20(25-19)14-3-7-16(22)8-4-14/h1-12H. The molecular weight excluding hydrogens is 447 g/mol. The number of nitrogens with zero attached hydrogens (tertiary/aromatic N) is 2. The predicted molar refractivity (Wildman–Crippen MR) is 111 cm³/mol. The van der Waals surface area contributed by atoms with Crippen LogP contribution in [-0.4, -0.2) is 11.2 Å². The molecule has 1 aromatic heterocycles. The van der Waals surface area contributed by atoms with Gasteiger partial charge in [-0.25, -0.2) is 4.98 Å². The zero-order valence-electron chi connectivity index (χ0n) is 13.0. The van der Waals surface area contributed by atoms with Gasteiger partial charge in [0, 0.05) is 20.4 Å². The minimum Gasteiger partial charge on any atom is -0.436 e. The molecule has 0 aliphatic heterocycles. The molecule has 0 saturated heterocycles. The number of halogens is 2. The van der Waals surface area contributed by atoms with Crippen molar-refractivity contribution in [3.63, 3.8) is 0 Å². The Morgan fingerprint density at radius 2 is 1.72 bits per heavy atom. The van der Waals surface area contributed by atoms with Crippen LogP contribution in [0.5, 0.6) is 0 Å². The van der Waals surface area contributed by atoms with Crippen molar-refractivity contribution in [1.29, 1.82) is 0 Å². The molecule has 0 fully saturated rings. The third kappa shape index (κ3) is 3.75. The van der Waals surface area contributed by atoms with E-state index in [1.165, 1.54) is 3.57 Å². The SMILES string of the molecule is Clc1ccc(C=Nc2ccc3oc(-c4ccc(I)cc4)nc3c2)cc1. The van der Waals surface area contributed by atoms with Gasteiger partial charge in [0.15, 0.2) is 5.58 Å². The Balaban J connectivity index is 1.63. The van der Waals surface area contributed by atoms with Crippen molar-refractivity contribution >= 4 is 57.2 Å². The van der Waals surface area contributed by atoms with E-state index in [4.69, 9.17) is 16.0 Å². The van der Waals surface area contributed by atoms with Crippen LogP contribution in [0.3, 0.4) is 0 Å². The summed E-state index contributed by atoms with van der Waals surface area (Å²) in [6.45, 7) is 0. The first-order valence-corrected chi connectivity index (χ1v) is 9.09. The van der Waals surface area contributed by atoms with E-state index in [-0.39, 0.29) is 0 Å². The highest BCUT2D eigenvalue weighted by molar-refractivity contribution is 14.1. The largest absolute Gasteiger partial charge is 0.436 e. The summed E-state index contributed by atoms with van der Waals surface area (Å²) in [6.07, 6.45) is 1.80. The summed E-state index contributed by atoms with van der Waals surface area (Å²) < 4.78 is 7.02. The second kappa shape index (κ2) is 6.98.